The molecule has 0 saturated heterocycles. The first-order valence-electron chi connectivity index (χ1n) is 11.7. The molecule has 0 bridgehead atoms. The Labute approximate surface area is 199 Å². The topological polar surface area (TPSA) is 61.9 Å². The molecule has 0 aliphatic carbocycles. The molecule has 3 amide bonds. The standard InChI is InChI=1S/C25H34FN3O3S/c1-4-12-27-25(31)28(15-18(3)5-2)16-24(30)29-13-10-23-19(11-14-33-23)21(29)17-32-22-9-7-6-8-20(22)26/h6-9,11,14,18,21H,4-5,10,12-13,15-17H2,1-3H3,(H,27,31)/t18-,21+/m0/s1. The molecule has 0 saturated carbocycles. The summed E-state index contributed by atoms with van der Waals surface area (Å²) in [6, 6.07) is 7.76. The predicted octanol–water partition coefficient (Wildman–Crippen LogP) is 4.86. The van der Waals surface area contributed by atoms with Crippen LogP contribution in [0.2, 0.25) is 0 Å². The van der Waals surface area contributed by atoms with E-state index < -0.39 is 5.82 Å². The molecule has 1 aromatic carbocycles. The Bertz CT molecular complexity index is 935. The van der Waals surface area contributed by atoms with Gasteiger partial charge in [-0.15, -0.1) is 11.3 Å². The summed E-state index contributed by atoms with van der Waals surface area (Å²) in [5, 5.41) is 4.91. The molecular formula is C25H34FN3O3S. The SMILES string of the molecule is CCCNC(=O)N(CC(=O)N1CCc2sccc2[C@H]1COc1ccccc1F)C[C@@H](C)CC. The summed E-state index contributed by atoms with van der Waals surface area (Å²) in [7, 11) is 0. The maximum absolute atomic E-state index is 14.1. The van der Waals surface area contributed by atoms with Gasteiger partial charge in [0.2, 0.25) is 5.91 Å². The molecule has 0 unspecified atom stereocenters. The van der Waals surface area contributed by atoms with Crippen molar-refractivity contribution in [2.24, 2.45) is 5.92 Å². The van der Waals surface area contributed by atoms with Gasteiger partial charge in [-0.1, -0.05) is 39.3 Å². The summed E-state index contributed by atoms with van der Waals surface area (Å²) < 4.78 is 19.9. The van der Waals surface area contributed by atoms with E-state index in [1.165, 1.54) is 10.9 Å². The molecule has 0 fully saturated rings. The molecule has 1 aromatic heterocycles. The van der Waals surface area contributed by atoms with Gasteiger partial charge in [0.05, 0.1) is 6.04 Å². The Morgan fingerprint density at radius 3 is 2.82 bits per heavy atom. The number of nitrogens with zero attached hydrogens (tertiary/aromatic N) is 2. The van der Waals surface area contributed by atoms with Crippen molar-refractivity contribution in [1.29, 1.82) is 0 Å². The maximum atomic E-state index is 14.1. The molecule has 2 heterocycles. The fourth-order valence-electron chi connectivity index (χ4n) is 3.93. The lowest BCUT2D eigenvalue weighted by Crippen LogP contribution is -2.50. The minimum absolute atomic E-state index is 0.00948. The van der Waals surface area contributed by atoms with Gasteiger partial charge in [0.15, 0.2) is 11.6 Å². The maximum Gasteiger partial charge on any atom is 0.317 e. The van der Waals surface area contributed by atoms with Crippen LogP contribution in [0.3, 0.4) is 0 Å². The Morgan fingerprint density at radius 1 is 1.30 bits per heavy atom. The molecule has 0 spiro atoms. The van der Waals surface area contributed by atoms with Crippen LogP contribution in [0.1, 0.15) is 50.1 Å². The molecule has 2 atom stereocenters. The van der Waals surface area contributed by atoms with Crippen molar-refractivity contribution in [1.82, 2.24) is 15.1 Å². The van der Waals surface area contributed by atoms with Gasteiger partial charge in [-0.05, 0) is 47.9 Å². The first-order chi connectivity index (χ1) is 15.9. The van der Waals surface area contributed by atoms with Crippen LogP contribution in [0.25, 0.3) is 0 Å². The zero-order chi connectivity index (χ0) is 23.8. The highest BCUT2D eigenvalue weighted by Gasteiger charge is 2.33. The van der Waals surface area contributed by atoms with Crippen LogP contribution in [0.15, 0.2) is 35.7 Å². The number of ether oxygens (including phenoxy) is 1. The Balaban J connectivity index is 1.76. The van der Waals surface area contributed by atoms with E-state index in [1.807, 2.05) is 18.4 Å². The van der Waals surface area contributed by atoms with Gasteiger partial charge in [0.1, 0.15) is 13.2 Å². The molecule has 1 N–H and O–H groups in total. The Hall–Kier alpha value is -2.61. The van der Waals surface area contributed by atoms with E-state index in [0.717, 1.165) is 24.8 Å². The monoisotopic (exact) mass is 475 g/mol. The van der Waals surface area contributed by atoms with E-state index in [4.69, 9.17) is 4.74 Å². The second-order valence-corrected chi connectivity index (χ2v) is 9.52. The smallest absolute Gasteiger partial charge is 0.317 e. The van der Waals surface area contributed by atoms with Crippen molar-refractivity contribution in [3.05, 3.63) is 52.0 Å². The largest absolute Gasteiger partial charge is 0.488 e. The molecule has 1 aliphatic rings. The number of benzene rings is 1. The second-order valence-electron chi connectivity index (χ2n) is 8.52. The number of fused-ring (bicyclic) bond motifs is 1. The molecule has 6 nitrogen and oxygen atoms in total. The number of urea groups is 1. The third-order valence-electron chi connectivity index (χ3n) is 6.02. The Kier molecular flexibility index (Phi) is 9.11. The fraction of sp³-hybridized carbons (Fsp3) is 0.520. The zero-order valence-electron chi connectivity index (χ0n) is 19.7. The van der Waals surface area contributed by atoms with Crippen LogP contribution < -0.4 is 10.1 Å². The van der Waals surface area contributed by atoms with Crippen molar-refractivity contribution in [2.75, 3.05) is 32.8 Å². The molecule has 3 rings (SSSR count). The van der Waals surface area contributed by atoms with Crippen molar-refractivity contribution in [2.45, 2.75) is 46.1 Å². The number of carbonyl (C=O) groups is 2. The van der Waals surface area contributed by atoms with E-state index in [-0.39, 0.29) is 42.8 Å². The van der Waals surface area contributed by atoms with E-state index in [1.54, 1.807) is 39.3 Å². The van der Waals surface area contributed by atoms with E-state index in [9.17, 15) is 14.0 Å². The number of hydrogen-bond donors (Lipinski definition) is 1. The highest BCUT2D eigenvalue weighted by molar-refractivity contribution is 7.10. The summed E-state index contributed by atoms with van der Waals surface area (Å²) >= 11 is 1.66. The average molecular weight is 476 g/mol. The van der Waals surface area contributed by atoms with Gasteiger partial charge in [-0.2, -0.15) is 0 Å². The van der Waals surface area contributed by atoms with Crippen molar-refractivity contribution < 1.29 is 18.7 Å². The van der Waals surface area contributed by atoms with Crippen LogP contribution in [-0.2, 0) is 11.2 Å². The number of para-hydroxylation sites is 1. The zero-order valence-corrected chi connectivity index (χ0v) is 20.5. The summed E-state index contributed by atoms with van der Waals surface area (Å²) in [6.45, 7) is 7.96. The molecule has 8 heteroatoms. The quantitative estimate of drug-likeness (QED) is 0.534. The molecule has 33 heavy (non-hydrogen) atoms. The predicted molar refractivity (Wildman–Crippen MR) is 129 cm³/mol. The van der Waals surface area contributed by atoms with Gasteiger partial charge >= 0.3 is 6.03 Å². The van der Waals surface area contributed by atoms with E-state index in [0.29, 0.717) is 19.6 Å². The van der Waals surface area contributed by atoms with Crippen LogP contribution in [0.5, 0.6) is 5.75 Å². The van der Waals surface area contributed by atoms with Gasteiger partial charge < -0.3 is 19.9 Å². The van der Waals surface area contributed by atoms with E-state index in [2.05, 4.69) is 19.2 Å². The van der Waals surface area contributed by atoms with Gasteiger partial charge in [0.25, 0.3) is 0 Å². The second kappa shape index (κ2) is 12.0. The van der Waals surface area contributed by atoms with Crippen LogP contribution in [0, 0.1) is 11.7 Å². The van der Waals surface area contributed by atoms with Crippen molar-refractivity contribution >= 4 is 23.3 Å². The first-order valence-corrected chi connectivity index (χ1v) is 12.6. The third kappa shape index (κ3) is 6.47. The minimum Gasteiger partial charge on any atom is -0.488 e. The number of rotatable bonds is 10. The van der Waals surface area contributed by atoms with Gasteiger partial charge in [-0.25, -0.2) is 9.18 Å². The van der Waals surface area contributed by atoms with Gasteiger partial charge in [0, 0.05) is 24.5 Å². The van der Waals surface area contributed by atoms with E-state index >= 15 is 0 Å². The lowest BCUT2D eigenvalue weighted by molar-refractivity contribution is -0.135. The summed E-state index contributed by atoms with van der Waals surface area (Å²) in [4.78, 5) is 30.8. The lowest BCUT2D eigenvalue weighted by Gasteiger charge is -2.37. The molecule has 1 aliphatic heterocycles. The number of halogens is 1. The number of carbonyl (C=O) groups excluding carboxylic acids is 2. The average Bonchev–Trinajstić information content (AvgIpc) is 3.30. The number of thiophene rings is 1. The highest BCUT2D eigenvalue weighted by Crippen LogP contribution is 2.34. The summed E-state index contributed by atoms with van der Waals surface area (Å²) in [6.07, 6.45) is 2.52. The Morgan fingerprint density at radius 2 is 2.09 bits per heavy atom. The molecule has 2 aromatic rings. The summed E-state index contributed by atoms with van der Waals surface area (Å²) in [5.74, 6) is -0.0900. The highest BCUT2D eigenvalue weighted by atomic mass is 32.1. The molecule has 180 valence electrons. The van der Waals surface area contributed by atoms with Gasteiger partial charge in [-0.3, -0.25) is 4.79 Å². The normalized spacial score (nSPS) is 16.1. The summed E-state index contributed by atoms with van der Waals surface area (Å²) in [5.41, 5.74) is 1.04. The van der Waals surface area contributed by atoms with Crippen LogP contribution in [0.4, 0.5) is 9.18 Å². The van der Waals surface area contributed by atoms with Crippen molar-refractivity contribution in [3.63, 3.8) is 0 Å². The molecule has 0 radical (unpaired) electrons. The van der Waals surface area contributed by atoms with Crippen LogP contribution in [-0.4, -0.2) is 54.5 Å². The number of amides is 3. The van der Waals surface area contributed by atoms with Crippen LogP contribution >= 0.6 is 11.3 Å². The minimum atomic E-state index is -0.427. The molecular weight excluding hydrogens is 441 g/mol. The number of hydrogen-bond acceptors (Lipinski definition) is 4. The number of nitrogens with one attached hydrogen (secondary N) is 1. The fourth-order valence-corrected chi connectivity index (χ4v) is 4.86. The van der Waals surface area contributed by atoms with Crippen molar-refractivity contribution in [3.8, 4) is 5.75 Å². The third-order valence-corrected chi connectivity index (χ3v) is 7.01. The lowest BCUT2D eigenvalue weighted by atomic mass is 10.00. The first kappa shape index (κ1) is 25.0.